The summed E-state index contributed by atoms with van der Waals surface area (Å²) in [4.78, 5) is 13.4. The van der Waals surface area contributed by atoms with Crippen LogP contribution in [0.5, 0.6) is 0 Å². The van der Waals surface area contributed by atoms with Crippen molar-refractivity contribution in [1.82, 2.24) is 4.90 Å². The first-order valence-corrected chi connectivity index (χ1v) is 5.36. The number of hydrogen-bond donors (Lipinski definition) is 0. The highest BCUT2D eigenvalue weighted by atomic mass is 16.6. The van der Waals surface area contributed by atoms with E-state index in [2.05, 4.69) is 5.92 Å². The summed E-state index contributed by atoms with van der Waals surface area (Å²) >= 11 is 0. The maximum absolute atomic E-state index is 11.7. The third-order valence-corrected chi connectivity index (χ3v) is 3.04. The van der Waals surface area contributed by atoms with E-state index in [1.807, 2.05) is 20.8 Å². The van der Waals surface area contributed by atoms with Gasteiger partial charge in [-0.1, -0.05) is 0 Å². The molecule has 2 fully saturated rings. The molecule has 15 heavy (non-hydrogen) atoms. The number of ether oxygens (including phenoxy) is 1. The highest BCUT2D eigenvalue weighted by Crippen LogP contribution is 2.51. The molecule has 0 radical (unpaired) electrons. The monoisotopic (exact) mass is 207 g/mol. The van der Waals surface area contributed by atoms with Crippen molar-refractivity contribution in [2.45, 2.75) is 26.4 Å². The minimum absolute atomic E-state index is 0.203. The Morgan fingerprint density at radius 1 is 1.40 bits per heavy atom. The minimum Gasteiger partial charge on any atom is -0.444 e. The SMILES string of the molecule is C#CC1C2CN(C(=O)OC(C)(C)C)C[C@@H]12. The quantitative estimate of drug-likeness (QED) is 0.566. The summed E-state index contributed by atoms with van der Waals surface area (Å²) in [7, 11) is 0. The van der Waals surface area contributed by atoms with Gasteiger partial charge in [-0.2, -0.15) is 0 Å². The Kier molecular flexibility index (Phi) is 2.18. The maximum Gasteiger partial charge on any atom is 0.410 e. The molecule has 3 nitrogen and oxygen atoms in total. The van der Waals surface area contributed by atoms with Crippen LogP contribution in [-0.2, 0) is 4.74 Å². The summed E-state index contributed by atoms with van der Waals surface area (Å²) < 4.78 is 5.29. The van der Waals surface area contributed by atoms with Crippen molar-refractivity contribution in [3.8, 4) is 12.3 Å². The van der Waals surface area contributed by atoms with E-state index >= 15 is 0 Å². The van der Waals surface area contributed by atoms with Crippen LogP contribution in [0.15, 0.2) is 0 Å². The number of carbonyl (C=O) groups excluding carboxylic acids is 1. The molecule has 2 unspecified atom stereocenters. The van der Waals surface area contributed by atoms with Crippen molar-refractivity contribution >= 4 is 6.09 Å². The van der Waals surface area contributed by atoms with E-state index in [9.17, 15) is 4.79 Å². The minimum atomic E-state index is -0.407. The first-order valence-electron chi connectivity index (χ1n) is 5.36. The fourth-order valence-corrected chi connectivity index (χ4v) is 2.25. The normalized spacial score (nSPS) is 33.2. The Morgan fingerprint density at radius 3 is 2.33 bits per heavy atom. The van der Waals surface area contributed by atoms with Gasteiger partial charge in [0, 0.05) is 19.0 Å². The molecule has 1 amide bonds. The third kappa shape index (κ3) is 1.94. The van der Waals surface area contributed by atoms with Crippen molar-refractivity contribution in [3.05, 3.63) is 0 Å². The van der Waals surface area contributed by atoms with Crippen molar-refractivity contribution in [3.63, 3.8) is 0 Å². The van der Waals surface area contributed by atoms with E-state index in [1.165, 1.54) is 0 Å². The highest BCUT2D eigenvalue weighted by molar-refractivity contribution is 5.69. The van der Waals surface area contributed by atoms with Crippen LogP contribution in [0.1, 0.15) is 20.8 Å². The molecule has 0 aromatic rings. The van der Waals surface area contributed by atoms with Crippen LogP contribution in [0.25, 0.3) is 0 Å². The molecule has 2 rings (SSSR count). The molecule has 0 N–H and O–H groups in total. The van der Waals surface area contributed by atoms with Crippen LogP contribution in [0.3, 0.4) is 0 Å². The molecular formula is C12H17NO2. The smallest absolute Gasteiger partial charge is 0.410 e. The summed E-state index contributed by atoms with van der Waals surface area (Å²) in [6.45, 7) is 7.19. The van der Waals surface area contributed by atoms with Crippen molar-refractivity contribution in [2.24, 2.45) is 17.8 Å². The molecule has 1 saturated carbocycles. The van der Waals surface area contributed by atoms with E-state index in [-0.39, 0.29) is 6.09 Å². The predicted molar refractivity (Wildman–Crippen MR) is 57.1 cm³/mol. The van der Waals surface area contributed by atoms with E-state index in [4.69, 9.17) is 11.2 Å². The van der Waals surface area contributed by atoms with Crippen LogP contribution < -0.4 is 0 Å². The summed E-state index contributed by atoms with van der Waals surface area (Å²) in [5, 5.41) is 0. The topological polar surface area (TPSA) is 29.5 Å². The highest BCUT2D eigenvalue weighted by Gasteiger charge is 2.56. The zero-order valence-corrected chi connectivity index (χ0v) is 9.49. The first-order chi connectivity index (χ1) is 6.92. The fraction of sp³-hybridized carbons (Fsp3) is 0.750. The molecule has 1 aliphatic heterocycles. The number of nitrogens with zero attached hydrogens (tertiary/aromatic N) is 1. The molecule has 3 atom stereocenters. The fourth-order valence-electron chi connectivity index (χ4n) is 2.25. The zero-order chi connectivity index (χ0) is 11.2. The van der Waals surface area contributed by atoms with Gasteiger partial charge in [-0.25, -0.2) is 4.79 Å². The van der Waals surface area contributed by atoms with Gasteiger partial charge in [0.1, 0.15) is 5.60 Å². The molecule has 0 aromatic carbocycles. The van der Waals surface area contributed by atoms with Gasteiger partial charge in [0.15, 0.2) is 0 Å². The summed E-state index contributed by atoms with van der Waals surface area (Å²) in [6, 6.07) is 0. The third-order valence-electron chi connectivity index (χ3n) is 3.04. The lowest BCUT2D eigenvalue weighted by molar-refractivity contribution is 0.0269. The van der Waals surface area contributed by atoms with Crippen molar-refractivity contribution in [1.29, 1.82) is 0 Å². The van der Waals surface area contributed by atoms with Crippen LogP contribution in [-0.4, -0.2) is 29.7 Å². The molecule has 82 valence electrons. The van der Waals surface area contributed by atoms with Crippen molar-refractivity contribution < 1.29 is 9.53 Å². The number of rotatable bonds is 0. The zero-order valence-electron chi connectivity index (χ0n) is 9.49. The van der Waals surface area contributed by atoms with Gasteiger partial charge in [-0.15, -0.1) is 12.3 Å². The Bertz CT molecular complexity index is 311. The van der Waals surface area contributed by atoms with Gasteiger partial charge in [0.25, 0.3) is 0 Å². The average Bonchev–Trinajstić information content (AvgIpc) is 2.54. The second kappa shape index (κ2) is 3.16. The second-order valence-electron chi connectivity index (χ2n) is 5.41. The van der Waals surface area contributed by atoms with E-state index < -0.39 is 5.60 Å². The largest absolute Gasteiger partial charge is 0.444 e. The van der Waals surface area contributed by atoms with E-state index in [0.29, 0.717) is 17.8 Å². The number of likely N-dealkylation sites (tertiary alicyclic amines) is 1. The van der Waals surface area contributed by atoms with Gasteiger partial charge >= 0.3 is 6.09 Å². The van der Waals surface area contributed by atoms with Gasteiger partial charge in [-0.05, 0) is 32.6 Å². The molecule has 3 heteroatoms. The number of hydrogen-bond acceptors (Lipinski definition) is 2. The summed E-state index contributed by atoms with van der Waals surface area (Å²) in [5.41, 5.74) is -0.407. The molecule has 2 aliphatic rings. The maximum atomic E-state index is 11.7. The van der Waals surface area contributed by atoms with Gasteiger partial charge in [0.05, 0.1) is 0 Å². The first kappa shape index (κ1) is 10.4. The van der Waals surface area contributed by atoms with Gasteiger partial charge in [0.2, 0.25) is 0 Å². The Labute approximate surface area is 90.8 Å². The van der Waals surface area contributed by atoms with Gasteiger partial charge in [-0.3, -0.25) is 0 Å². The number of terminal acetylenes is 1. The molecule has 0 bridgehead atoms. The Morgan fingerprint density at radius 2 is 1.93 bits per heavy atom. The number of piperidine rings is 1. The lowest BCUT2D eigenvalue weighted by atomic mass is 10.2. The molecule has 1 heterocycles. The molecule has 1 aliphatic carbocycles. The molecular weight excluding hydrogens is 190 g/mol. The average molecular weight is 207 g/mol. The van der Waals surface area contributed by atoms with Crippen LogP contribution in [0.4, 0.5) is 4.79 Å². The standard InChI is InChI=1S/C12H17NO2/c1-5-8-9-6-13(7-10(8)9)11(14)15-12(2,3)4/h1,8-10H,6-7H2,2-4H3/t8?,9-,10?/m0/s1. The number of amides is 1. The molecule has 1 saturated heterocycles. The Hall–Kier alpha value is -1.17. The predicted octanol–water partition coefficient (Wildman–Crippen LogP) is 1.73. The Balaban J connectivity index is 1.85. The lowest BCUT2D eigenvalue weighted by Crippen LogP contribution is -2.36. The lowest BCUT2D eigenvalue weighted by Gasteiger charge is -2.25. The van der Waals surface area contributed by atoms with Gasteiger partial charge < -0.3 is 9.64 Å². The van der Waals surface area contributed by atoms with Crippen LogP contribution in [0.2, 0.25) is 0 Å². The molecule has 0 spiro atoms. The van der Waals surface area contributed by atoms with Crippen molar-refractivity contribution in [2.75, 3.05) is 13.1 Å². The summed E-state index contributed by atoms with van der Waals surface area (Å²) in [6.07, 6.45) is 5.16. The number of fused-ring (bicyclic) bond motifs is 1. The van der Waals surface area contributed by atoms with Crippen LogP contribution >= 0.6 is 0 Å². The van der Waals surface area contributed by atoms with Crippen LogP contribution in [0, 0.1) is 30.1 Å². The molecule has 0 aromatic heterocycles. The van der Waals surface area contributed by atoms with E-state index in [1.54, 1.807) is 4.90 Å². The number of carbonyl (C=O) groups is 1. The summed E-state index contributed by atoms with van der Waals surface area (Å²) in [5.74, 6) is 4.24. The second-order valence-corrected chi connectivity index (χ2v) is 5.41. The van der Waals surface area contributed by atoms with E-state index in [0.717, 1.165) is 13.1 Å².